The number of hydrogen-bond donors (Lipinski definition) is 0. The molecule has 2 aliphatic carbocycles. The van der Waals surface area contributed by atoms with E-state index >= 15 is 0 Å². The average molecular weight is 535 g/mol. The number of allylic oxidation sites excluding steroid dienone is 8. The Labute approximate surface area is 183 Å². The molecule has 0 aromatic rings. The van der Waals surface area contributed by atoms with Gasteiger partial charge in [-0.15, -0.1) is 0 Å². The van der Waals surface area contributed by atoms with Crippen LogP contribution in [0.25, 0.3) is 0 Å². The van der Waals surface area contributed by atoms with Crippen molar-refractivity contribution in [2.24, 2.45) is 10.8 Å². The van der Waals surface area contributed by atoms with Crippen molar-refractivity contribution in [3.8, 4) is 0 Å². The molecule has 146 valence electrons. The van der Waals surface area contributed by atoms with Crippen LogP contribution in [0, 0.1) is 10.8 Å². The molecular weight excluding hydrogens is 499 g/mol. The molecule has 0 heterocycles. The maximum Gasteiger partial charge on any atom is -1.00 e. The van der Waals surface area contributed by atoms with Crippen LogP contribution < -0.4 is 24.8 Å². The summed E-state index contributed by atoms with van der Waals surface area (Å²) in [6.07, 6.45) is 7.67. The molecule has 2 aliphatic rings. The van der Waals surface area contributed by atoms with Gasteiger partial charge in [-0.05, 0) is 0 Å². The molecule has 0 nitrogen and oxygen atoms in total. The molecule has 0 aromatic heterocycles. The summed E-state index contributed by atoms with van der Waals surface area (Å²) in [6.45, 7) is 19.1. The Morgan fingerprint density at radius 1 is 0.731 bits per heavy atom. The van der Waals surface area contributed by atoms with E-state index in [9.17, 15) is 0 Å². The fourth-order valence-corrected chi connectivity index (χ4v) is 33.8. The van der Waals surface area contributed by atoms with E-state index in [1.54, 1.807) is 22.3 Å². The zero-order chi connectivity index (χ0) is 18.4. The fourth-order valence-electron chi connectivity index (χ4n) is 3.78. The van der Waals surface area contributed by atoms with Gasteiger partial charge in [0.25, 0.3) is 0 Å². The van der Waals surface area contributed by atoms with E-state index in [-0.39, 0.29) is 24.8 Å². The van der Waals surface area contributed by atoms with Crippen LogP contribution in [0.2, 0.25) is 11.5 Å². The molecule has 0 aromatic carbocycles. The second-order valence-corrected chi connectivity index (χ2v) is 37.9. The van der Waals surface area contributed by atoms with Gasteiger partial charge in [-0.25, -0.2) is 0 Å². The average Bonchev–Trinajstić information content (AvgIpc) is 2.94. The second kappa shape index (κ2) is 9.64. The van der Waals surface area contributed by atoms with Crippen LogP contribution in [0.1, 0.15) is 68.2 Å². The molecule has 0 radical (unpaired) electrons. The van der Waals surface area contributed by atoms with Crippen LogP contribution in [0.4, 0.5) is 0 Å². The summed E-state index contributed by atoms with van der Waals surface area (Å²) in [4.78, 5) is 0. The number of rotatable bonds is 2. The van der Waals surface area contributed by atoms with Gasteiger partial charge in [-0.2, -0.15) is 0 Å². The molecule has 0 saturated carbocycles. The van der Waals surface area contributed by atoms with E-state index in [4.69, 9.17) is 0 Å². The number of hydrogen-bond acceptors (Lipinski definition) is 0. The van der Waals surface area contributed by atoms with Gasteiger partial charge >= 0.3 is 160 Å². The van der Waals surface area contributed by atoms with Gasteiger partial charge in [0.05, 0.1) is 0 Å². The summed E-state index contributed by atoms with van der Waals surface area (Å²) < 4.78 is 3.89. The molecular formula is C22H36Cl2GeZr. The largest absolute Gasteiger partial charge is 1.00 e. The SMILES string of the molecule is CC1=[C]([Zr+2]([C]2=C(C)C=C(C(C)(C)C)C2)=[Ge]([CH3])[CH3])CC(C(C)(C)C)=C1.[Cl-].[Cl-]. The van der Waals surface area contributed by atoms with Crippen molar-refractivity contribution in [1.29, 1.82) is 0 Å². The minimum Gasteiger partial charge on any atom is -1.00 e. The quantitative estimate of drug-likeness (QED) is 0.467. The van der Waals surface area contributed by atoms with E-state index in [1.165, 1.54) is 12.8 Å². The van der Waals surface area contributed by atoms with E-state index in [0.717, 1.165) is 0 Å². The van der Waals surface area contributed by atoms with Crippen LogP contribution >= 0.6 is 0 Å². The molecule has 26 heavy (non-hydrogen) atoms. The van der Waals surface area contributed by atoms with E-state index in [2.05, 4.69) is 79.1 Å². The molecule has 0 saturated heterocycles. The summed E-state index contributed by atoms with van der Waals surface area (Å²) >= 11 is -1.63. The molecule has 0 atom stereocenters. The van der Waals surface area contributed by atoms with Gasteiger partial charge in [0.1, 0.15) is 0 Å². The van der Waals surface area contributed by atoms with Crippen LogP contribution in [-0.2, 0) is 18.6 Å². The van der Waals surface area contributed by atoms with Gasteiger partial charge < -0.3 is 24.8 Å². The zero-order valence-electron chi connectivity index (χ0n) is 18.3. The molecule has 0 bridgehead atoms. The third-order valence-electron chi connectivity index (χ3n) is 5.50. The molecule has 0 unspecified atom stereocenters. The maximum atomic E-state index is 2.65. The summed E-state index contributed by atoms with van der Waals surface area (Å²) in [5, 5.41) is 0. The fraction of sp³-hybridized carbons (Fsp3) is 0.636. The van der Waals surface area contributed by atoms with Crippen molar-refractivity contribution in [1.82, 2.24) is 0 Å². The van der Waals surface area contributed by atoms with Gasteiger partial charge in [-0.3, -0.25) is 0 Å². The third-order valence-corrected chi connectivity index (χ3v) is 33.6. The van der Waals surface area contributed by atoms with Gasteiger partial charge in [0.2, 0.25) is 0 Å². The Hall–Kier alpha value is 0.966. The standard InChI is InChI=1S/2C10H15.C2H6Ge.2ClH.Zr/c2*1-8-5-6-9(7-8)10(2,3)4;1-3-2;;;/h2*7H,6H2,1-4H3;1-2H3;2*1H;/q;;;;;+2/p-2. The maximum absolute atomic E-state index is 2.65. The van der Waals surface area contributed by atoms with Crippen molar-refractivity contribution < 1.29 is 43.4 Å². The van der Waals surface area contributed by atoms with Gasteiger partial charge in [0, 0.05) is 0 Å². The zero-order valence-corrected chi connectivity index (χ0v) is 24.4. The molecule has 0 fully saturated rings. The van der Waals surface area contributed by atoms with E-state index in [1.807, 2.05) is 6.56 Å². The Morgan fingerprint density at radius 2 is 1.04 bits per heavy atom. The van der Waals surface area contributed by atoms with Crippen molar-refractivity contribution in [2.75, 3.05) is 0 Å². The topological polar surface area (TPSA) is 0 Å². The summed E-state index contributed by atoms with van der Waals surface area (Å²) in [5.41, 5.74) is 7.29. The molecule has 2 rings (SSSR count). The first-order chi connectivity index (χ1) is 10.8. The minimum absolute atomic E-state index is 0. The summed E-state index contributed by atoms with van der Waals surface area (Å²) in [7, 11) is -0.910. The first-order valence-corrected chi connectivity index (χ1v) is 23.4. The summed E-state index contributed by atoms with van der Waals surface area (Å²) in [6, 6.07) is 0. The van der Waals surface area contributed by atoms with Crippen LogP contribution in [0.3, 0.4) is 0 Å². The summed E-state index contributed by atoms with van der Waals surface area (Å²) in [5.74, 6) is 5.30. The van der Waals surface area contributed by atoms with Crippen LogP contribution in [0.5, 0.6) is 0 Å². The second-order valence-electron chi connectivity index (χ2n) is 9.89. The van der Waals surface area contributed by atoms with Gasteiger partial charge in [-0.1, -0.05) is 0 Å². The van der Waals surface area contributed by atoms with Gasteiger partial charge in [0.15, 0.2) is 0 Å². The first-order valence-electron chi connectivity index (χ1n) is 9.32. The Morgan fingerprint density at radius 3 is 1.23 bits per heavy atom. The van der Waals surface area contributed by atoms with Crippen molar-refractivity contribution in [2.45, 2.75) is 79.7 Å². The third kappa shape index (κ3) is 5.98. The van der Waals surface area contributed by atoms with E-state index < -0.39 is 28.6 Å². The van der Waals surface area contributed by atoms with Crippen LogP contribution in [-0.4, -0.2) is 9.98 Å². The predicted molar refractivity (Wildman–Crippen MR) is 107 cm³/mol. The Bertz CT molecular complexity index is 660. The van der Waals surface area contributed by atoms with Crippen molar-refractivity contribution in [3.63, 3.8) is 0 Å². The monoisotopic (exact) mass is 534 g/mol. The molecule has 4 heteroatoms. The smallest absolute Gasteiger partial charge is 1.00 e. The Balaban J connectivity index is 0.00000312. The molecule has 0 amide bonds. The van der Waals surface area contributed by atoms with Crippen molar-refractivity contribution in [3.05, 3.63) is 41.0 Å². The number of halogens is 2. The molecule has 0 aliphatic heterocycles. The minimum atomic E-state index is -1.63. The van der Waals surface area contributed by atoms with Crippen molar-refractivity contribution >= 4 is 9.98 Å². The molecule has 0 spiro atoms. The predicted octanol–water partition coefficient (Wildman–Crippen LogP) is 1.16. The Kier molecular flexibility index (Phi) is 10.0. The van der Waals surface area contributed by atoms with Crippen LogP contribution in [0.15, 0.2) is 41.0 Å². The molecule has 0 N–H and O–H groups in total. The van der Waals surface area contributed by atoms with E-state index in [0.29, 0.717) is 10.8 Å². The normalized spacial score (nSPS) is 17.3. The first kappa shape index (κ1) is 27.0.